The van der Waals surface area contributed by atoms with Gasteiger partial charge in [0.05, 0.1) is 6.10 Å². The van der Waals surface area contributed by atoms with Crippen molar-refractivity contribution in [3.63, 3.8) is 0 Å². The number of aromatic nitrogens is 2. The zero-order valence-corrected chi connectivity index (χ0v) is 10.8. The van der Waals surface area contributed by atoms with Gasteiger partial charge < -0.3 is 15.3 Å². The molecule has 2 unspecified atom stereocenters. The zero-order chi connectivity index (χ0) is 12.4. The number of hydrogen-bond donors (Lipinski definition) is 2. The Morgan fingerprint density at radius 1 is 1.59 bits per heavy atom. The molecule has 94 valence electrons. The molecule has 0 bridgehead atoms. The molecule has 1 fully saturated rings. The summed E-state index contributed by atoms with van der Waals surface area (Å²) in [6.45, 7) is 3.53. The van der Waals surface area contributed by atoms with Crippen LogP contribution in [0.4, 0.5) is 11.5 Å². The maximum absolute atomic E-state index is 9.60. The highest BCUT2D eigenvalue weighted by atomic mass is 35.5. The average Bonchev–Trinajstić information content (AvgIpc) is 2.77. The van der Waals surface area contributed by atoms with Gasteiger partial charge in [-0.15, -0.1) is 0 Å². The highest BCUT2D eigenvalue weighted by molar-refractivity contribution is 6.32. The third-order valence-electron chi connectivity index (χ3n) is 3.24. The zero-order valence-electron chi connectivity index (χ0n) is 10.0. The average molecular weight is 257 g/mol. The lowest BCUT2D eigenvalue weighted by Crippen LogP contribution is -2.25. The molecule has 0 spiro atoms. The molecule has 2 rings (SSSR count). The van der Waals surface area contributed by atoms with Crippen molar-refractivity contribution in [2.75, 3.05) is 30.4 Å². The van der Waals surface area contributed by atoms with Crippen LogP contribution in [0, 0.1) is 5.92 Å². The Bertz CT molecular complexity index is 399. The topological polar surface area (TPSA) is 61.3 Å². The largest absolute Gasteiger partial charge is 0.393 e. The first-order valence-corrected chi connectivity index (χ1v) is 6.12. The molecule has 1 aromatic rings. The number of nitrogens with zero attached hydrogens (tertiary/aromatic N) is 3. The van der Waals surface area contributed by atoms with E-state index in [0.29, 0.717) is 11.1 Å². The highest BCUT2D eigenvalue weighted by Gasteiger charge is 2.28. The van der Waals surface area contributed by atoms with Crippen molar-refractivity contribution in [1.29, 1.82) is 0 Å². The molecule has 2 atom stereocenters. The number of halogens is 1. The van der Waals surface area contributed by atoms with E-state index in [0.717, 1.165) is 31.0 Å². The Morgan fingerprint density at radius 3 is 2.94 bits per heavy atom. The van der Waals surface area contributed by atoms with Gasteiger partial charge in [0.1, 0.15) is 12.0 Å². The molecule has 2 N–H and O–H groups in total. The summed E-state index contributed by atoms with van der Waals surface area (Å²) in [5, 5.41) is 13.0. The Morgan fingerprint density at radius 2 is 2.35 bits per heavy atom. The lowest BCUT2D eigenvalue weighted by Gasteiger charge is -2.21. The van der Waals surface area contributed by atoms with Crippen LogP contribution in [0.15, 0.2) is 6.33 Å². The number of nitrogens with one attached hydrogen (secondary N) is 1. The Kier molecular flexibility index (Phi) is 3.69. The smallest absolute Gasteiger partial charge is 0.157 e. The van der Waals surface area contributed by atoms with E-state index in [-0.39, 0.29) is 6.10 Å². The van der Waals surface area contributed by atoms with Crippen molar-refractivity contribution in [3.8, 4) is 0 Å². The van der Waals surface area contributed by atoms with Crippen LogP contribution in [-0.4, -0.2) is 41.3 Å². The molecule has 1 saturated heterocycles. The fraction of sp³-hybridized carbons (Fsp3) is 0.636. The fourth-order valence-corrected chi connectivity index (χ4v) is 2.41. The van der Waals surface area contributed by atoms with Gasteiger partial charge in [-0.25, -0.2) is 9.97 Å². The maximum Gasteiger partial charge on any atom is 0.157 e. The molecule has 5 nitrogen and oxygen atoms in total. The van der Waals surface area contributed by atoms with E-state index in [4.69, 9.17) is 11.6 Å². The Labute approximate surface area is 106 Å². The van der Waals surface area contributed by atoms with Crippen LogP contribution in [-0.2, 0) is 0 Å². The molecule has 0 amide bonds. The van der Waals surface area contributed by atoms with Crippen molar-refractivity contribution < 1.29 is 5.11 Å². The van der Waals surface area contributed by atoms with E-state index in [1.165, 1.54) is 6.33 Å². The van der Waals surface area contributed by atoms with Gasteiger partial charge in [0.15, 0.2) is 11.0 Å². The van der Waals surface area contributed by atoms with Crippen LogP contribution in [0.25, 0.3) is 0 Å². The summed E-state index contributed by atoms with van der Waals surface area (Å²) in [6, 6.07) is 0. The lowest BCUT2D eigenvalue weighted by molar-refractivity contribution is 0.136. The van der Waals surface area contributed by atoms with Crippen molar-refractivity contribution in [1.82, 2.24) is 9.97 Å². The van der Waals surface area contributed by atoms with Gasteiger partial charge in [-0.05, 0) is 13.3 Å². The summed E-state index contributed by atoms with van der Waals surface area (Å²) < 4.78 is 0. The summed E-state index contributed by atoms with van der Waals surface area (Å²) in [4.78, 5) is 10.4. The molecule has 17 heavy (non-hydrogen) atoms. The molecule has 1 aromatic heterocycles. The van der Waals surface area contributed by atoms with Gasteiger partial charge in [0, 0.05) is 26.1 Å². The standard InChI is InChI=1S/C11H17ClN4O/c1-7(17)8-3-4-16(5-8)11-9(13-2)10(12)14-6-15-11/h6-8,13,17H,3-5H2,1-2H3. The van der Waals surface area contributed by atoms with E-state index in [2.05, 4.69) is 20.2 Å². The van der Waals surface area contributed by atoms with E-state index < -0.39 is 0 Å². The molecule has 1 aliphatic heterocycles. The van der Waals surface area contributed by atoms with Gasteiger partial charge in [-0.2, -0.15) is 0 Å². The summed E-state index contributed by atoms with van der Waals surface area (Å²) in [5.74, 6) is 1.11. The van der Waals surface area contributed by atoms with Crippen molar-refractivity contribution in [2.45, 2.75) is 19.4 Å². The molecule has 6 heteroatoms. The number of aliphatic hydroxyl groups excluding tert-OH is 1. The van der Waals surface area contributed by atoms with Crippen LogP contribution >= 0.6 is 11.6 Å². The summed E-state index contributed by atoms with van der Waals surface area (Å²) in [7, 11) is 1.80. The van der Waals surface area contributed by atoms with E-state index >= 15 is 0 Å². The molecule has 0 radical (unpaired) electrons. The van der Waals surface area contributed by atoms with E-state index in [1.807, 2.05) is 6.92 Å². The monoisotopic (exact) mass is 256 g/mol. The first-order valence-electron chi connectivity index (χ1n) is 5.74. The van der Waals surface area contributed by atoms with E-state index in [1.54, 1.807) is 7.05 Å². The van der Waals surface area contributed by atoms with Gasteiger partial charge in [-0.3, -0.25) is 0 Å². The summed E-state index contributed by atoms with van der Waals surface area (Å²) >= 11 is 6.02. The Balaban J connectivity index is 2.21. The quantitative estimate of drug-likeness (QED) is 0.800. The number of anilines is 2. The third-order valence-corrected chi connectivity index (χ3v) is 3.52. The minimum Gasteiger partial charge on any atom is -0.393 e. The van der Waals surface area contributed by atoms with Gasteiger partial charge in [-0.1, -0.05) is 11.6 Å². The normalized spacial score (nSPS) is 21.6. The van der Waals surface area contributed by atoms with E-state index in [9.17, 15) is 5.11 Å². The number of aliphatic hydroxyl groups is 1. The molecule has 1 aliphatic rings. The second kappa shape index (κ2) is 5.06. The van der Waals surface area contributed by atoms with Crippen LogP contribution in [0.3, 0.4) is 0 Å². The van der Waals surface area contributed by atoms with Crippen LogP contribution in [0.1, 0.15) is 13.3 Å². The first-order chi connectivity index (χ1) is 8.13. The molecular weight excluding hydrogens is 240 g/mol. The summed E-state index contributed by atoms with van der Waals surface area (Å²) in [5.41, 5.74) is 0.750. The fourth-order valence-electron chi connectivity index (χ4n) is 2.18. The minimum absolute atomic E-state index is 0.282. The van der Waals surface area contributed by atoms with Gasteiger partial charge in [0.25, 0.3) is 0 Å². The minimum atomic E-state index is -0.282. The lowest BCUT2D eigenvalue weighted by atomic mass is 10.0. The second-order valence-electron chi connectivity index (χ2n) is 4.35. The van der Waals surface area contributed by atoms with Gasteiger partial charge >= 0.3 is 0 Å². The Hall–Kier alpha value is -1.07. The molecular formula is C11H17ClN4O. The first kappa shape index (κ1) is 12.4. The molecule has 0 aromatic carbocycles. The highest BCUT2D eigenvalue weighted by Crippen LogP contribution is 2.32. The molecule has 2 heterocycles. The summed E-state index contributed by atoms with van der Waals surface area (Å²) in [6.07, 6.45) is 2.16. The van der Waals surface area contributed by atoms with Crippen LogP contribution < -0.4 is 10.2 Å². The molecule has 0 saturated carbocycles. The molecule has 0 aliphatic carbocycles. The van der Waals surface area contributed by atoms with Crippen molar-refractivity contribution >= 4 is 23.1 Å². The maximum atomic E-state index is 9.60. The van der Waals surface area contributed by atoms with Crippen LogP contribution in [0.5, 0.6) is 0 Å². The van der Waals surface area contributed by atoms with Crippen LogP contribution in [0.2, 0.25) is 5.15 Å². The number of rotatable bonds is 3. The van der Waals surface area contributed by atoms with Crippen molar-refractivity contribution in [3.05, 3.63) is 11.5 Å². The third kappa shape index (κ3) is 2.45. The number of hydrogen-bond acceptors (Lipinski definition) is 5. The SMILES string of the molecule is CNc1c(Cl)ncnc1N1CCC(C(C)O)C1. The second-order valence-corrected chi connectivity index (χ2v) is 4.71. The predicted molar refractivity (Wildman–Crippen MR) is 68.6 cm³/mol. The predicted octanol–water partition coefficient (Wildman–Crippen LogP) is 1.38. The van der Waals surface area contributed by atoms with Gasteiger partial charge in [0.2, 0.25) is 0 Å². The van der Waals surface area contributed by atoms with Crippen molar-refractivity contribution in [2.24, 2.45) is 5.92 Å².